The largest absolute Gasteiger partial charge is 0.455 e. The van der Waals surface area contributed by atoms with Crippen molar-refractivity contribution in [2.75, 3.05) is 5.32 Å². The predicted molar refractivity (Wildman–Crippen MR) is 101 cm³/mol. The summed E-state index contributed by atoms with van der Waals surface area (Å²) in [6, 6.07) is 26.9. The minimum absolute atomic E-state index is 0.0298. The molecule has 0 heterocycles. The Morgan fingerprint density at radius 3 is 2.16 bits per heavy atom. The molecular weight excluding hydrogens is 310 g/mol. The van der Waals surface area contributed by atoms with Crippen molar-refractivity contribution < 1.29 is 9.53 Å². The van der Waals surface area contributed by atoms with Gasteiger partial charge in [0.05, 0.1) is 11.6 Å². The average molecular weight is 331 g/mol. The van der Waals surface area contributed by atoms with Gasteiger partial charge < -0.3 is 10.1 Å². The fourth-order valence-corrected chi connectivity index (χ4v) is 2.75. The Kier molecular flexibility index (Phi) is 5.47. The Morgan fingerprint density at radius 1 is 0.880 bits per heavy atom. The quantitative estimate of drug-likeness (QED) is 0.637. The van der Waals surface area contributed by atoms with E-state index in [0.29, 0.717) is 11.4 Å². The highest BCUT2D eigenvalue weighted by Gasteiger charge is 2.19. The molecule has 0 fully saturated rings. The van der Waals surface area contributed by atoms with Crippen LogP contribution in [-0.2, 0) is 4.79 Å². The topological polar surface area (TPSA) is 38.3 Å². The van der Waals surface area contributed by atoms with Gasteiger partial charge in [0.25, 0.3) is 0 Å². The standard InChI is InChI=1S/C22H21NO2/c1-2-19(17-11-5-3-6-12-17)22(24)23-20-15-9-10-16-21(20)25-18-13-7-4-8-14-18/h3-16,19H,2H2,1H3,(H,23,24). The van der Waals surface area contributed by atoms with E-state index in [-0.39, 0.29) is 11.8 Å². The Hall–Kier alpha value is -3.07. The van der Waals surface area contributed by atoms with E-state index < -0.39 is 0 Å². The van der Waals surface area contributed by atoms with Crippen LogP contribution in [0.3, 0.4) is 0 Å². The first kappa shape index (κ1) is 16.8. The third-order valence-electron chi connectivity index (χ3n) is 4.04. The van der Waals surface area contributed by atoms with Crippen LogP contribution in [0, 0.1) is 0 Å². The third-order valence-corrected chi connectivity index (χ3v) is 4.04. The van der Waals surface area contributed by atoms with Crippen LogP contribution in [-0.4, -0.2) is 5.91 Å². The number of carbonyl (C=O) groups excluding carboxylic acids is 1. The van der Waals surface area contributed by atoms with Crippen molar-refractivity contribution >= 4 is 11.6 Å². The molecule has 1 N–H and O–H groups in total. The lowest BCUT2D eigenvalue weighted by atomic mass is 9.95. The number of ether oxygens (including phenoxy) is 1. The predicted octanol–water partition coefficient (Wildman–Crippen LogP) is 5.61. The Labute approximate surface area is 148 Å². The van der Waals surface area contributed by atoms with Crippen LogP contribution >= 0.6 is 0 Å². The summed E-state index contributed by atoms with van der Waals surface area (Å²) in [4.78, 5) is 12.8. The van der Waals surface area contributed by atoms with Crippen molar-refractivity contribution in [2.24, 2.45) is 0 Å². The van der Waals surface area contributed by atoms with Crippen LogP contribution in [0.1, 0.15) is 24.8 Å². The molecule has 0 aliphatic carbocycles. The van der Waals surface area contributed by atoms with Gasteiger partial charge in [-0.25, -0.2) is 0 Å². The van der Waals surface area contributed by atoms with Gasteiger partial charge in [-0.3, -0.25) is 4.79 Å². The van der Waals surface area contributed by atoms with Crippen molar-refractivity contribution in [3.8, 4) is 11.5 Å². The van der Waals surface area contributed by atoms with E-state index in [0.717, 1.165) is 17.7 Å². The van der Waals surface area contributed by atoms with Gasteiger partial charge in [0.15, 0.2) is 5.75 Å². The summed E-state index contributed by atoms with van der Waals surface area (Å²) >= 11 is 0. The van der Waals surface area contributed by atoms with Crippen molar-refractivity contribution in [1.82, 2.24) is 0 Å². The van der Waals surface area contributed by atoms with E-state index in [2.05, 4.69) is 5.32 Å². The lowest BCUT2D eigenvalue weighted by Crippen LogP contribution is -2.21. The summed E-state index contributed by atoms with van der Waals surface area (Å²) in [5, 5.41) is 3.02. The van der Waals surface area contributed by atoms with Gasteiger partial charge in [0.2, 0.25) is 5.91 Å². The zero-order chi connectivity index (χ0) is 17.5. The highest BCUT2D eigenvalue weighted by Crippen LogP contribution is 2.30. The number of anilines is 1. The summed E-state index contributed by atoms with van der Waals surface area (Å²) in [5.41, 5.74) is 1.69. The van der Waals surface area contributed by atoms with Crippen molar-refractivity contribution in [3.63, 3.8) is 0 Å². The fraction of sp³-hybridized carbons (Fsp3) is 0.136. The fourth-order valence-electron chi connectivity index (χ4n) is 2.75. The molecule has 0 spiro atoms. The lowest BCUT2D eigenvalue weighted by Gasteiger charge is -2.17. The minimum Gasteiger partial charge on any atom is -0.455 e. The number of benzene rings is 3. The Bertz CT molecular complexity index is 816. The van der Waals surface area contributed by atoms with Crippen LogP contribution in [0.5, 0.6) is 11.5 Å². The first-order chi connectivity index (χ1) is 12.3. The van der Waals surface area contributed by atoms with E-state index in [1.165, 1.54) is 0 Å². The molecule has 0 aliphatic rings. The Morgan fingerprint density at radius 2 is 1.48 bits per heavy atom. The van der Waals surface area contributed by atoms with Crippen LogP contribution in [0.15, 0.2) is 84.9 Å². The molecular formula is C22H21NO2. The molecule has 25 heavy (non-hydrogen) atoms. The second kappa shape index (κ2) is 8.15. The monoisotopic (exact) mass is 331 g/mol. The zero-order valence-corrected chi connectivity index (χ0v) is 14.2. The summed E-state index contributed by atoms with van der Waals surface area (Å²) < 4.78 is 5.91. The molecule has 3 heteroatoms. The van der Waals surface area contributed by atoms with Crippen LogP contribution in [0.25, 0.3) is 0 Å². The molecule has 3 nitrogen and oxygen atoms in total. The molecule has 0 aliphatic heterocycles. The van der Waals surface area contributed by atoms with Crippen LogP contribution in [0.4, 0.5) is 5.69 Å². The maximum absolute atomic E-state index is 12.8. The average Bonchev–Trinajstić information content (AvgIpc) is 2.66. The maximum Gasteiger partial charge on any atom is 0.232 e. The third kappa shape index (κ3) is 4.27. The molecule has 0 radical (unpaired) electrons. The molecule has 3 aromatic carbocycles. The number of hydrogen-bond donors (Lipinski definition) is 1. The molecule has 3 aromatic rings. The number of carbonyl (C=O) groups is 1. The summed E-state index contributed by atoms with van der Waals surface area (Å²) in [6.07, 6.45) is 0.734. The second-order valence-corrected chi connectivity index (χ2v) is 5.77. The zero-order valence-electron chi connectivity index (χ0n) is 14.2. The van der Waals surface area contributed by atoms with Crippen LogP contribution < -0.4 is 10.1 Å². The number of hydrogen-bond acceptors (Lipinski definition) is 2. The maximum atomic E-state index is 12.8. The van der Waals surface area contributed by atoms with Gasteiger partial charge in [0.1, 0.15) is 5.75 Å². The number of nitrogens with one attached hydrogen (secondary N) is 1. The smallest absolute Gasteiger partial charge is 0.232 e. The molecule has 0 saturated heterocycles. The molecule has 0 aromatic heterocycles. The highest BCUT2D eigenvalue weighted by molar-refractivity contribution is 5.97. The number of amides is 1. The normalized spacial score (nSPS) is 11.6. The lowest BCUT2D eigenvalue weighted by molar-refractivity contribution is -0.117. The summed E-state index contributed by atoms with van der Waals surface area (Å²) in [6.45, 7) is 2.02. The second-order valence-electron chi connectivity index (χ2n) is 5.77. The first-order valence-corrected chi connectivity index (χ1v) is 8.45. The molecule has 0 bridgehead atoms. The first-order valence-electron chi connectivity index (χ1n) is 8.45. The van der Waals surface area contributed by atoms with Gasteiger partial charge in [-0.2, -0.15) is 0 Å². The van der Waals surface area contributed by atoms with Gasteiger partial charge in [-0.1, -0.05) is 67.6 Å². The van der Waals surface area contributed by atoms with Gasteiger partial charge in [0, 0.05) is 0 Å². The summed E-state index contributed by atoms with van der Waals surface area (Å²) in [7, 11) is 0. The molecule has 0 saturated carbocycles. The van der Waals surface area contributed by atoms with Crippen molar-refractivity contribution in [1.29, 1.82) is 0 Å². The van der Waals surface area contributed by atoms with Gasteiger partial charge in [-0.15, -0.1) is 0 Å². The molecule has 1 unspecified atom stereocenters. The molecule has 1 atom stereocenters. The molecule has 1 amide bonds. The minimum atomic E-state index is -0.189. The van der Waals surface area contributed by atoms with Gasteiger partial charge >= 0.3 is 0 Å². The van der Waals surface area contributed by atoms with Crippen molar-refractivity contribution in [2.45, 2.75) is 19.3 Å². The van der Waals surface area contributed by atoms with Gasteiger partial charge in [-0.05, 0) is 36.2 Å². The summed E-state index contributed by atoms with van der Waals surface area (Å²) in [5.74, 6) is 1.15. The van der Waals surface area contributed by atoms with Crippen molar-refractivity contribution in [3.05, 3.63) is 90.5 Å². The Balaban J connectivity index is 1.79. The molecule has 3 rings (SSSR count). The van der Waals surface area contributed by atoms with E-state index in [1.54, 1.807) is 0 Å². The van der Waals surface area contributed by atoms with E-state index >= 15 is 0 Å². The number of para-hydroxylation sites is 3. The number of rotatable bonds is 6. The molecule has 126 valence electrons. The van der Waals surface area contributed by atoms with Crippen LogP contribution in [0.2, 0.25) is 0 Å². The van der Waals surface area contributed by atoms with E-state index in [9.17, 15) is 4.79 Å². The van der Waals surface area contributed by atoms with E-state index in [1.807, 2.05) is 91.9 Å². The SMILES string of the molecule is CCC(C(=O)Nc1ccccc1Oc1ccccc1)c1ccccc1. The highest BCUT2D eigenvalue weighted by atomic mass is 16.5. The van der Waals surface area contributed by atoms with E-state index in [4.69, 9.17) is 4.74 Å².